The largest absolute Gasteiger partial charge is 0.255 e. The highest BCUT2D eigenvalue weighted by atomic mass is 79.9. The average Bonchev–Trinajstić information content (AvgIpc) is 2.74. The Kier molecular flexibility index (Phi) is 5.93. The first kappa shape index (κ1) is 20.7. The van der Waals surface area contributed by atoms with E-state index in [2.05, 4.69) is 46.9 Å². The SMILES string of the molecule is CC[SiH](CC)C1CN(S(=O)(=O)c2cccc3cccnc23)Cc2c(Br)cccc21. The van der Waals surface area contributed by atoms with Gasteiger partial charge in [0.15, 0.2) is 0 Å². The van der Waals surface area contributed by atoms with Crippen molar-refractivity contribution in [3.63, 3.8) is 0 Å². The van der Waals surface area contributed by atoms with Crippen LogP contribution >= 0.6 is 15.9 Å². The van der Waals surface area contributed by atoms with Crippen molar-refractivity contribution in [2.45, 2.75) is 42.9 Å². The molecule has 1 atom stereocenters. The zero-order chi connectivity index (χ0) is 20.6. The van der Waals surface area contributed by atoms with Crippen LogP contribution in [-0.2, 0) is 16.6 Å². The molecule has 29 heavy (non-hydrogen) atoms. The van der Waals surface area contributed by atoms with E-state index in [1.807, 2.05) is 24.3 Å². The fraction of sp³-hybridized carbons (Fsp3) is 0.318. The van der Waals surface area contributed by atoms with E-state index < -0.39 is 18.8 Å². The molecular weight excluding hydrogens is 464 g/mol. The molecule has 0 fully saturated rings. The lowest BCUT2D eigenvalue weighted by molar-refractivity contribution is 0.382. The maximum absolute atomic E-state index is 13.8. The number of fused-ring (bicyclic) bond motifs is 2. The lowest BCUT2D eigenvalue weighted by Crippen LogP contribution is -2.43. The molecule has 0 spiro atoms. The molecule has 1 aliphatic heterocycles. The highest BCUT2D eigenvalue weighted by molar-refractivity contribution is 9.10. The fourth-order valence-electron chi connectivity index (χ4n) is 4.52. The second kappa shape index (κ2) is 8.30. The molecular formula is C22H25BrN2O2SSi. The maximum Gasteiger partial charge on any atom is 0.245 e. The number of pyridine rings is 1. The second-order valence-corrected chi connectivity index (χ2v) is 14.3. The van der Waals surface area contributed by atoms with Gasteiger partial charge in [-0.15, -0.1) is 0 Å². The van der Waals surface area contributed by atoms with Gasteiger partial charge in [-0.3, -0.25) is 4.98 Å². The van der Waals surface area contributed by atoms with Crippen LogP contribution in [0.3, 0.4) is 0 Å². The fourth-order valence-corrected chi connectivity index (χ4v) is 9.86. The molecule has 3 aromatic rings. The summed E-state index contributed by atoms with van der Waals surface area (Å²) in [6.07, 6.45) is 1.66. The summed E-state index contributed by atoms with van der Waals surface area (Å²) in [5, 5.41) is 0.845. The van der Waals surface area contributed by atoms with Gasteiger partial charge in [0.25, 0.3) is 0 Å². The Morgan fingerprint density at radius 1 is 1.10 bits per heavy atom. The van der Waals surface area contributed by atoms with Crippen LogP contribution in [0, 0.1) is 0 Å². The molecule has 7 heteroatoms. The maximum atomic E-state index is 13.8. The highest BCUT2D eigenvalue weighted by Crippen LogP contribution is 2.38. The van der Waals surface area contributed by atoms with Crippen molar-refractivity contribution in [2.24, 2.45) is 0 Å². The van der Waals surface area contributed by atoms with Crippen molar-refractivity contribution in [1.29, 1.82) is 0 Å². The number of benzene rings is 2. The summed E-state index contributed by atoms with van der Waals surface area (Å²) in [6.45, 7) is 5.46. The molecule has 2 heterocycles. The molecule has 0 bridgehead atoms. The molecule has 4 nitrogen and oxygen atoms in total. The zero-order valence-electron chi connectivity index (χ0n) is 16.7. The number of hydrogen-bond donors (Lipinski definition) is 0. The third-order valence-electron chi connectivity index (χ3n) is 6.12. The molecule has 0 saturated carbocycles. The zero-order valence-corrected chi connectivity index (χ0v) is 20.2. The van der Waals surface area contributed by atoms with E-state index in [1.54, 1.807) is 22.6 Å². The lowest BCUT2D eigenvalue weighted by atomic mass is 10.0. The van der Waals surface area contributed by atoms with Gasteiger partial charge < -0.3 is 0 Å². The molecule has 1 unspecified atom stereocenters. The van der Waals surface area contributed by atoms with Gasteiger partial charge in [-0.25, -0.2) is 8.42 Å². The number of halogens is 1. The first-order chi connectivity index (χ1) is 14.0. The highest BCUT2D eigenvalue weighted by Gasteiger charge is 2.37. The molecule has 0 saturated heterocycles. The Morgan fingerprint density at radius 3 is 2.59 bits per heavy atom. The van der Waals surface area contributed by atoms with Crippen LogP contribution in [0.4, 0.5) is 0 Å². The minimum atomic E-state index is -3.66. The smallest absolute Gasteiger partial charge is 0.245 e. The molecule has 0 N–H and O–H groups in total. The molecule has 152 valence electrons. The van der Waals surface area contributed by atoms with Crippen molar-refractivity contribution >= 4 is 45.7 Å². The van der Waals surface area contributed by atoms with Gasteiger partial charge in [-0.2, -0.15) is 4.31 Å². The average molecular weight is 490 g/mol. The van der Waals surface area contributed by atoms with Crippen LogP contribution in [0.25, 0.3) is 10.9 Å². The first-order valence-corrected chi connectivity index (χ1v) is 14.6. The normalized spacial score (nSPS) is 17.6. The van der Waals surface area contributed by atoms with Gasteiger partial charge in [0.05, 0.1) is 5.52 Å². The summed E-state index contributed by atoms with van der Waals surface area (Å²) in [5.41, 5.74) is 3.32. The number of para-hydroxylation sites is 1. The summed E-state index contributed by atoms with van der Waals surface area (Å²) in [5.74, 6) is 0. The van der Waals surface area contributed by atoms with Crippen LogP contribution in [0.5, 0.6) is 0 Å². The lowest BCUT2D eigenvalue weighted by Gasteiger charge is -2.37. The van der Waals surface area contributed by atoms with E-state index in [4.69, 9.17) is 0 Å². The third-order valence-corrected chi connectivity index (χ3v) is 12.5. The molecule has 0 radical (unpaired) electrons. The predicted molar refractivity (Wildman–Crippen MR) is 124 cm³/mol. The monoisotopic (exact) mass is 488 g/mol. The van der Waals surface area contributed by atoms with E-state index in [1.165, 1.54) is 5.56 Å². The second-order valence-electron chi connectivity index (χ2n) is 7.62. The standard InChI is InChI=1S/C22H25BrN2O2SSi/c1-3-29(4-2)21-15-25(14-18-17(21)10-6-11-19(18)23)28(26,27)20-12-5-8-16-9-7-13-24-22(16)20/h5-13,21,29H,3-4,14-15H2,1-2H3. The van der Waals surface area contributed by atoms with Crippen LogP contribution in [0.2, 0.25) is 12.1 Å². The first-order valence-electron chi connectivity index (χ1n) is 10.1. The quantitative estimate of drug-likeness (QED) is 0.469. The van der Waals surface area contributed by atoms with E-state index in [-0.39, 0.29) is 0 Å². The number of hydrogen-bond acceptors (Lipinski definition) is 3. The molecule has 1 aromatic heterocycles. The topological polar surface area (TPSA) is 50.3 Å². The summed E-state index contributed by atoms with van der Waals surface area (Å²) in [6, 6.07) is 17.7. The van der Waals surface area contributed by atoms with Gasteiger partial charge >= 0.3 is 0 Å². The summed E-state index contributed by atoms with van der Waals surface area (Å²) in [7, 11) is -4.79. The van der Waals surface area contributed by atoms with Crippen LogP contribution in [-0.4, -0.2) is 33.0 Å². The van der Waals surface area contributed by atoms with Gasteiger partial charge in [0.2, 0.25) is 10.0 Å². The Morgan fingerprint density at radius 2 is 1.83 bits per heavy atom. The van der Waals surface area contributed by atoms with Crippen molar-refractivity contribution in [3.05, 3.63) is 70.3 Å². The van der Waals surface area contributed by atoms with Gasteiger partial charge in [-0.1, -0.05) is 72.2 Å². The van der Waals surface area contributed by atoms with Crippen molar-refractivity contribution in [3.8, 4) is 0 Å². The summed E-state index contributed by atoms with van der Waals surface area (Å²) < 4.78 is 30.2. The Balaban J connectivity index is 1.83. The summed E-state index contributed by atoms with van der Waals surface area (Å²) in [4.78, 5) is 4.69. The predicted octanol–water partition coefficient (Wildman–Crippen LogP) is 5.09. The van der Waals surface area contributed by atoms with Crippen molar-refractivity contribution < 1.29 is 8.42 Å². The van der Waals surface area contributed by atoms with Gasteiger partial charge in [0.1, 0.15) is 4.90 Å². The van der Waals surface area contributed by atoms with E-state index in [0.717, 1.165) is 27.5 Å². The van der Waals surface area contributed by atoms with E-state index in [0.29, 0.717) is 29.0 Å². The van der Waals surface area contributed by atoms with Gasteiger partial charge in [0, 0.05) is 37.9 Å². The van der Waals surface area contributed by atoms with Crippen molar-refractivity contribution in [1.82, 2.24) is 9.29 Å². The molecule has 0 aliphatic carbocycles. The van der Waals surface area contributed by atoms with E-state index in [9.17, 15) is 8.42 Å². The Bertz CT molecular complexity index is 1140. The van der Waals surface area contributed by atoms with E-state index >= 15 is 0 Å². The Labute approximate surface area is 182 Å². The van der Waals surface area contributed by atoms with Crippen LogP contribution in [0.1, 0.15) is 30.5 Å². The summed E-state index contributed by atoms with van der Waals surface area (Å²) >= 11 is 3.67. The van der Waals surface area contributed by atoms with Crippen LogP contribution < -0.4 is 0 Å². The molecule has 2 aromatic carbocycles. The molecule has 0 amide bonds. The molecule has 4 rings (SSSR count). The number of nitrogens with zero attached hydrogens (tertiary/aromatic N) is 2. The van der Waals surface area contributed by atoms with Gasteiger partial charge in [-0.05, 0) is 34.9 Å². The minimum absolute atomic E-state index is 0.302. The number of sulfonamides is 1. The molecule has 1 aliphatic rings. The third kappa shape index (κ3) is 3.69. The Hall–Kier alpha value is -1.54. The van der Waals surface area contributed by atoms with Crippen LogP contribution in [0.15, 0.2) is 64.1 Å². The number of aromatic nitrogens is 1. The minimum Gasteiger partial charge on any atom is -0.255 e. The van der Waals surface area contributed by atoms with Crippen molar-refractivity contribution in [2.75, 3.05) is 6.54 Å². The number of rotatable bonds is 5.